The first-order chi connectivity index (χ1) is 14.3. The minimum absolute atomic E-state index is 0.698. The molecule has 140 valence electrons. The maximum atomic E-state index is 4.89. The summed E-state index contributed by atoms with van der Waals surface area (Å²) in [4.78, 5) is 4.89. The molecule has 1 aliphatic carbocycles. The van der Waals surface area contributed by atoms with E-state index in [0.29, 0.717) is 6.54 Å². The second-order valence-electron chi connectivity index (χ2n) is 7.67. The lowest BCUT2D eigenvalue weighted by Crippen LogP contribution is -1.97. The van der Waals surface area contributed by atoms with Gasteiger partial charge in [-0.2, -0.15) is 0 Å². The summed E-state index contributed by atoms with van der Waals surface area (Å²) in [7, 11) is 0. The van der Waals surface area contributed by atoms with E-state index in [1.165, 1.54) is 44.5 Å². The molecule has 4 aromatic carbocycles. The molecule has 1 heteroatoms. The van der Waals surface area contributed by atoms with Gasteiger partial charge in [0, 0.05) is 5.71 Å². The molecule has 0 N–H and O–H groups in total. The summed E-state index contributed by atoms with van der Waals surface area (Å²) in [6, 6.07) is 34.7. The van der Waals surface area contributed by atoms with Crippen LogP contribution < -0.4 is 0 Å². The molecule has 0 heterocycles. The van der Waals surface area contributed by atoms with E-state index in [1.807, 2.05) is 0 Å². The van der Waals surface area contributed by atoms with Gasteiger partial charge in [-0.15, -0.1) is 0 Å². The topological polar surface area (TPSA) is 12.4 Å². The largest absolute Gasteiger partial charge is 0.285 e. The first-order valence-corrected chi connectivity index (χ1v) is 10.1. The van der Waals surface area contributed by atoms with Crippen LogP contribution in [0.5, 0.6) is 0 Å². The van der Waals surface area contributed by atoms with E-state index in [0.717, 1.165) is 12.1 Å². The summed E-state index contributed by atoms with van der Waals surface area (Å²) in [6.45, 7) is 2.81. The molecule has 0 spiro atoms. The van der Waals surface area contributed by atoms with Crippen LogP contribution in [-0.2, 0) is 13.0 Å². The molecular formula is C28H23N. The third kappa shape index (κ3) is 3.52. The highest BCUT2D eigenvalue weighted by atomic mass is 14.7. The summed E-state index contributed by atoms with van der Waals surface area (Å²) in [6.07, 6.45) is 1.02. The van der Waals surface area contributed by atoms with Crippen molar-refractivity contribution < 1.29 is 0 Å². The van der Waals surface area contributed by atoms with E-state index in [4.69, 9.17) is 4.99 Å². The molecular weight excluding hydrogens is 350 g/mol. The molecule has 0 bridgehead atoms. The third-order valence-corrected chi connectivity index (χ3v) is 5.74. The van der Waals surface area contributed by atoms with E-state index < -0.39 is 0 Å². The predicted octanol–water partition coefficient (Wildman–Crippen LogP) is 6.93. The van der Waals surface area contributed by atoms with Crippen molar-refractivity contribution in [2.45, 2.75) is 19.9 Å². The van der Waals surface area contributed by atoms with E-state index in [9.17, 15) is 0 Å². The zero-order chi connectivity index (χ0) is 19.6. The van der Waals surface area contributed by atoms with Gasteiger partial charge < -0.3 is 0 Å². The van der Waals surface area contributed by atoms with Gasteiger partial charge in [0.25, 0.3) is 0 Å². The van der Waals surface area contributed by atoms with Gasteiger partial charge in [0.05, 0.1) is 6.54 Å². The molecule has 0 aliphatic heterocycles. The van der Waals surface area contributed by atoms with Crippen LogP contribution in [0.3, 0.4) is 0 Å². The third-order valence-electron chi connectivity index (χ3n) is 5.74. The van der Waals surface area contributed by atoms with Crippen molar-refractivity contribution in [3.8, 4) is 22.3 Å². The molecule has 0 radical (unpaired) electrons. The second-order valence-corrected chi connectivity index (χ2v) is 7.67. The Morgan fingerprint density at radius 2 is 1.45 bits per heavy atom. The van der Waals surface area contributed by atoms with Crippen LogP contribution in [-0.4, -0.2) is 5.71 Å². The molecule has 5 rings (SSSR count). The molecule has 0 fully saturated rings. The molecule has 0 saturated carbocycles. The van der Waals surface area contributed by atoms with Crippen molar-refractivity contribution in [1.82, 2.24) is 0 Å². The lowest BCUT2D eigenvalue weighted by molar-refractivity contribution is 1.06. The number of fused-ring (bicyclic) bond motifs is 3. The van der Waals surface area contributed by atoms with Gasteiger partial charge in [-0.05, 0) is 70.0 Å². The maximum absolute atomic E-state index is 4.89. The Kier molecular flexibility index (Phi) is 4.57. The van der Waals surface area contributed by atoms with Gasteiger partial charge in [-0.1, -0.05) is 84.9 Å². The van der Waals surface area contributed by atoms with Crippen LogP contribution >= 0.6 is 0 Å². The quantitative estimate of drug-likeness (QED) is 0.303. The average molecular weight is 373 g/mol. The summed E-state index contributed by atoms with van der Waals surface area (Å²) in [5, 5.41) is 0. The lowest BCUT2D eigenvalue weighted by Gasteiger charge is -2.07. The van der Waals surface area contributed by atoms with Crippen molar-refractivity contribution in [2.75, 3.05) is 0 Å². The second kappa shape index (κ2) is 7.52. The first-order valence-electron chi connectivity index (χ1n) is 10.1. The smallest absolute Gasteiger partial charge is 0.0643 e. The van der Waals surface area contributed by atoms with Gasteiger partial charge in [0.2, 0.25) is 0 Å². The predicted molar refractivity (Wildman–Crippen MR) is 122 cm³/mol. The highest BCUT2D eigenvalue weighted by molar-refractivity contribution is 5.99. The van der Waals surface area contributed by atoms with Gasteiger partial charge in [0.15, 0.2) is 0 Å². The van der Waals surface area contributed by atoms with Gasteiger partial charge in [-0.3, -0.25) is 4.99 Å². The molecule has 0 unspecified atom stereocenters. The highest BCUT2D eigenvalue weighted by Crippen LogP contribution is 2.36. The zero-order valence-electron chi connectivity index (χ0n) is 16.6. The maximum Gasteiger partial charge on any atom is 0.0643 e. The Hall–Kier alpha value is -3.45. The minimum Gasteiger partial charge on any atom is -0.285 e. The van der Waals surface area contributed by atoms with E-state index in [-0.39, 0.29) is 0 Å². The van der Waals surface area contributed by atoms with Gasteiger partial charge >= 0.3 is 0 Å². The SMILES string of the molecule is CC(=NCc1cccc(-c2ccccc2)c1)c1ccc2c(c1)Cc1ccccc1-2. The fourth-order valence-corrected chi connectivity index (χ4v) is 4.15. The standard InChI is InChI=1S/C28H23N/c1-20(23-14-15-28-26(17-23)18-25-11-5-6-13-27(25)28)29-19-21-8-7-12-24(16-21)22-9-3-2-4-10-22/h2-17H,18-19H2,1H3. The molecule has 0 aromatic heterocycles. The Labute approximate surface area is 172 Å². The Morgan fingerprint density at radius 3 is 2.34 bits per heavy atom. The molecule has 4 aromatic rings. The van der Waals surface area contributed by atoms with Gasteiger partial charge in [-0.25, -0.2) is 0 Å². The van der Waals surface area contributed by atoms with Crippen LogP contribution in [0.25, 0.3) is 22.3 Å². The van der Waals surface area contributed by atoms with Crippen LogP contribution in [0.4, 0.5) is 0 Å². The normalized spacial score (nSPS) is 12.5. The first kappa shape index (κ1) is 17.6. The number of nitrogens with zero attached hydrogens (tertiary/aromatic N) is 1. The Morgan fingerprint density at radius 1 is 0.690 bits per heavy atom. The molecule has 0 saturated heterocycles. The fraction of sp³-hybridized carbons (Fsp3) is 0.107. The number of benzene rings is 4. The van der Waals surface area contributed by atoms with Crippen molar-refractivity contribution >= 4 is 5.71 Å². The molecule has 29 heavy (non-hydrogen) atoms. The van der Waals surface area contributed by atoms with Crippen LogP contribution in [0.2, 0.25) is 0 Å². The van der Waals surface area contributed by atoms with Crippen molar-refractivity contribution in [3.63, 3.8) is 0 Å². The zero-order valence-corrected chi connectivity index (χ0v) is 16.6. The van der Waals surface area contributed by atoms with Gasteiger partial charge in [0.1, 0.15) is 0 Å². The molecule has 0 atom stereocenters. The Balaban J connectivity index is 1.37. The van der Waals surface area contributed by atoms with Crippen LogP contribution in [0, 0.1) is 0 Å². The highest BCUT2D eigenvalue weighted by Gasteiger charge is 2.18. The van der Waals surface area contributed by atoms with E-state index in [1.54, 1.807) is 0 Å². The van der Waals surface area contributed by atoms with Crippen molar-refractivity contribution in [1.29, 1.82) is 0 Å². The van der Waals surface area contributed by atoms with E-state index >= 15 is 0 Å². The Bertz CT molecular complexity index is 1200. The molecule has 1 nitrogen and oxygen atoms in total. The average Bonchev–Trinajstić information content (AvgIpc) is 3.16. The summed E-state index contributed by atoms with van der Waals surface area (Å²) in [5.74, 6) is 0. The number of rotatable bonds is 4. The van der Waals surface area contributed by atoms with E-state index in [2.05, 4.69) is 104 Å². The molecule has 0 amide bonds. The van der Waals surface area contributed by atoms with Crippen molar-refractivity contribution in [3.05, 3.63) is 119 Å². The molecule has 1 aliphatic rings. The summed E-state index contributed by atoms with van der Waals surface area (Å²) < 4.78 is 0. The van der Waals surface area contributed by atoms with Crippen LogP contribution in [0.1, 0.15) is 29.2 Å². The summed E-state index contributed by atoms with van der Waals surface area (Å²) in [5.41, 5.74) is 11.6. The number of aliphatic imine (C=N–C) groups is 1. The number of hydrogen-bond donors (Lipinski definition) is 0. The summed E-state index contributed by atoms with van der Waals surface area (Å²) >= 11 is 0. The fourth-order valence-electron chi connectivity index (χ4n) is 4.15. The number of hydrogen-bond acceptors (Lipinski definition) is 1. The van der Waals surface area contributed by atoms with Crippen LogP contribution in [0.15, 0.2) is 102 Å². The van der Waals surface area contributed by atoms with Crippen molar-refractivity contribution in [2.24, 2.45) is 4.99 Å². The monoisotopic (exact) mass is 373 g/mol. The minimum atomic E-state index is 0.698. The lowest BCUT2D eigenvalue weighted by atomic mass is 10.0.